The van der Waals surface area contributed by atoms with Crippen LogP contribution in [-0.4, -0.2) is 34.2 Å². The second kappa shape index (κ2) is 8.17. The van der Waals surface area contributed by atoms with E-state index < -0.39 is 0 Å². The van der Waals surface area contributed by atoms with Crippen LogP contribution in [0.25, 0.3) is 10.9 Å². The zero-order chi connectivity index (χ0) is 19.7. The largest absolute Gasteiger partial charge is 0.376 e. The van der Waals surface area contributed by atoms with E-state index in [1.54, 1.807) is 22.8 Å². The molecule has 1 saturated carbocycles. The van der Waals surface area contributed by atoms with Crippen LogP contribution in [0.2, 0.25) is 0 Å². The molecule has 2 aliphatic rings. The van der Waals surface area contributed by atoms with Gasteiger partial charge in [-0.25, -0.2) is 0 Å². The summed E-state index contributed by atoms with van der Waals surface area (Å²) in [5, 5.41) is 3.70. The minimum absolute atomic E-state index is 0.0350. The highest BCUT2D eigenvalue weighted by Crippen LogP contribution is 2.24. The van der Waals surface area contributed by atoms with E-state index >= 15 is 0 Å². The number of H-pyrrole nitrogens is 1. The van der Waals surface area contributed by atoms with Crippen molar-refractivity contribution in [1.29, 1.82) is 0 Å². The Kier molecular flexibility index (Phi) is 5.64. The normalized spacial score (nSPS) is 25.1. The standard InChI is InChI=1S/C21H27N3O3S/c1-13-5-2-3-7-17(13)22-19(25)14-8-9-16-18(11-14)23-21(28)24(20(16)26)12-15-6-4-10-27-15/h8-9,11,13,15,17H,2-7,10,12H2,1H3,(H,22,25)(H,23,28). The molecule has 2 aromatic rings. The Morgan fingerprint density at radius 2 is 2.11 bits per heavy atom. The van der Waals surface area contributed by atoms with Gasteiger partial charge in [-0.3, -0.25) is 14.2 Å². The van der Waals surface area contributed by atoms with Gasteiger partial charge < -0.3 is 15.0 Å². The third-order valence-electron chi connectivity index (χ3n) is 6.08. The number of carbonyl (C=O) groups excluding carboxylic acids is 1. The van der Waals surface area contributed by atoms with Gasteiger partial charge >= 0.3 is 0 Å². The molecule has 3 unspecified atom stereocenters. The van der Waals surface area contributed by atoms with E-state index in [4.69, 9.17) is 17.0 Å². The number of hydrogen-bond acceptors (Lipinski definition) is 4. The summed E-state index contributed by atoms with van der Waals surface area (Å²) < 4.78 is 7.57. The fraction of sp³-hybridized carbons (Fsp3) is 0.571. The van der Waals surface area contributed by atoms with Gasteiger partial charge in [0.1, 0.15) is 0 Å². The fourth-order valence-electron chi connectivity index (χ4n) is 4.34. The molecule has 2 N–H and O–H groups in total. The first-order chi connectivity index (χ1) is 13.5. The van der Waals surface area contributed by atoms with Gasteiger partial charge in [0, 0.05) is 18.2 Å². The third-order valence-corrected chi connectivity index (χ3v) is 6.40. The summed E-state index contributed by atoms with van der Waals surface area (Å²) in [6.45, 7) is 3.39. The second-order valence-electron chi connectivity index (χ2n) is 8.08. The maximum absolute atomic E-state index is 12.9. The molecule has 150 valence electrons. The highest BCUT2D eigenvalue weighted by Gasteiger charge is 2.23. The van der Waals surface area contributed by atoms with Crippen LogP contribution in [0, 0.1) is 10.7 Å². The number of benzene rings is 1. The molecule has 1 aromatic heterocycles. The molecule has 6 nitrogen and oxygen atoms in total. The molecular formula is C21H27N3O3S. The Balaban J connectivity index is 1.59. The molecule has 0 bridgehead atoms. The molecule has 0 radical (unpaired) electrons. The van der Waals surface area contributed by atoms with Crippen molar-refractivity contribution >= 4 is 29.0 Å². The molecule has 7 heteroatoms. The fourth-order valence-corrected chi connectivity index (χ4v) is 4.60. The van der Waals surface area contributed by atoms with E-state index in [0.717, 1.165) is 38.7 Å². The summed E-state index contributed by atoms with van der Waals surface area (Å²) in [7, 11) is 0. The minimum Gasteiger partial charge on any atom is -0.376 e. The molecular weight excluding hydrogens is 374 g/mol. The summed E-state index contributed by atoms with van der Waals surface area (Å²) in [5.41, 5.74) is 1.01. The zero-order valence-electron chi connectivity index (χ0n) is 16.2. The van der Waals surface area contributed by atoms with E-state index in [2.05, 4.69) is 17.2 Å². The van der Waals surface area contributed by atoms with Crippen molar-refractivity contribution in [3.8, 4) is 0 Å². The minimum atomic E-state index is -0.137. The molecule has 1 aliphatic carbocycles. The number of nitrogens with one attached hydrogen (secondary N) is 2. The Bertz CT molecular complexity index is 991. The molecule has 4 rings (SSSR count). The van der Waals surface area contributed by atoms with E-state index in [0.29, 0.717) is 33.7 Å². The van der Waals surface area contributed by atoms with Crippen LogP contribution < -0.4 is 10.9 Å². The van der Waals surface area contributed by atoms with Crippen molar-refractivity contribution in [2.45, 2.75) is 64.1 Å². The molecule has 1 aromatic carbocycles. The summed E-state index contributed by atoms with van der Waals surface area (Å²) in [6, 6.07) is 5.38. The average Bonchev–Trinajstić information content (AvgIpc) is 3.20. The molecule has 1 saturated heterocycles. The van der Waals surface area contributed by atoms with Crippen LogP contribution in [0.3, 0.4) is 0 Å². The van der Waals surface area contributed by atoms with Crippen LogP contribution in [-0.2, 0) is 11.3 Å². The monoisotopic (exact) mass is 401 g/mol. The van der Waals surface area contributed by atoms with Crippen LogP contribution in [0.5, 0.6) is 0 Å². The second-order valence-corrected chi connectivity index (χ2v) is 8.47. The molecule has 1 aliphatic heterocycles. The smallest absolute Gasteiger partial charge is 0.262 e. The van der Waals surface area contributed by atoms with Gasteiger partial charge in [-0.2, -0.15) is 0 Å². The van der Waals surface area contributed by atoms with Crippen LogP contribution in [0.4, 0.5) is 0 Å². The van der Waals surface area contributed by atoms with Gasteiger partial charge in [0.2, 0.25) is 0 Å². The van der Waals surface area contributed by atoms with Crippen molar-refractivity contribution in [2.75, 3.05) is 6.61 Å². The highest BCUT2D eigenvalue weighted by atomic mass is 32.1. The van der Waals surface area contributed by atoms with Gasteiger partial charge in [-0.15, -0.1) is 0 Å². The predicted octanol–water partition coefficient (Wildman–Crippen LogP) is 3.55. The predicted molar refractivity (Wildman–Crippen MR) is 111 cm³/mol. The lowest BCUT2D eigenvalue weighted by Gasteiger charge is -2.29. The van der Waals surface area contributed by atoms with Gasteiger partial charge in [0.15, 0.2) is 4.77 Å². The number of aromatic nitrogens is 2. The maximum atomic E-state index is 12.9. The zero-order valence-corrected chi connectivity index (χ0v) is 17.0. The molecule has 1 amide bonds. The van der Waals surface area contributed by atoms with Crippen LogP contribution >= 0.6 is 12.2 Å². The number of amides is 1. The lowest BCUT2D eigenvalue weighted by atomic mass is 9.86. The Morgan fingerprint density at radius 1 is 1.29 bits per heavy atom. The Morgan fingerprint density at radius 3 is 2.86 bits per heavy atom. The van der Waals surface area contributed by atoms with Crippen molar-refractivity contribution in [1.82, 2.24) is 14.9 Å². The van der Waals surface area contributed by atoms with Crippen molar-refractivity contribution < 1.29 is 9.53 Å². The number of hydrogen-bond donors (Lipinski definition) is 2. The average molecular weight is 402 g/mol. The molecule has 2 heterocycles. The number of nitrogens with zero attached hydrogens (tertiary/aromatic N) is 1. The maximum Gasteiger partial charge on any atom is 0.262 e. The molecule has 3 atom stereocenters. The first-order valence-electron chi connectivity index (χ1n) is 10.2. The van der Waals surface area contributed by atoms with Crippen LogP contribution in [0.15, 0.2) is 23.0 Å². The van der Waals surface area contributed by atoms with Crippen molar-refractivity contribution in [3.05, 3.63) is 38.9 Å². The Hall–Kier alpha value is -1.99. The van der Waals surface area contributed by atoms with Gasteiger partial charge in [0.25, 0.3) is 11.5 Å². The lowest BCUT2D eigenvalue weighted by Crippen LogP contribution is -2.41. The Labute approximate surface area is 169 Å². The molecule has 2 fully saturated rings. The number of aromatic amines is 1. The van der Waals surface area contributed by atoms with Gasteiger partial charge in [-0.05, 0) is 62.0 Å². The first kappa shape index (κ1) is 19.3. The molecule has 28 heavy (non-hydrogen) atoms. The number of ether oxygens (including phenoxy) is 1. The van der Waals surface area contributed by atoms with Crippen molar-refractivity contribution in [2.24, 2.45) is 5.92 Å². The molecule has 0 spiro atoms. The van der Waals surface area contributed by atoms with Crippen LogP contribution in [0.1, 0.15) is 55.8 Å². The summed E-state index contributed by atoms with van der Waals surface area (Å²) >= 11 is 5.41. The van der Waals surface area contributed by atoms with E-state index in [9.17, 15) is 9.59 Å². The SMILES string of the molecule is CC1CCCCC1NC(=O)c1ccc2c(=O)n(CC3CCCO3)c(=S)[nH]c2c1. The summed E-state index contributed by atoms with van der Waals surface area (Å²) in [6.07, 6.45) is 6.56. The number of rotatable bonds is 4. The summed E-state index contributed by atoms with van der Waals surface area (Å²) in [5.74, 6) is 0.400. The van der Waals surface area contributed by atoms with Gasteiger partial charge in [-0.1, -0.05) is 19.8 Å². The van der Waals surface area contributed by atoms with E-state index in [1.807, 2.05) is 0 Å². The van der Waals surface area contributed by atoms with Gasteiger partial charge in [0.05, 0.1) is 23.6 Å². The van der Waals surface area contributed by atoms with E-state index in [-0.39, 0.29) is 23.6 Å². The number of fused-ring (bicyclic) bond motifs is 1. The highest BCUT2D eigenvalue weighted by molar-refractivity contribution is 7.71. The summed E-state index contributed by atoms with van der Waals surface area (Å²) in [4.78, 5) is 28.7. The third kappa shape index (κ3) is 3.91. The lowest BCUT2D eigenvalue weighted by molar-refractivity contribution is 0.0910. The van der Waals surface area contributed by atoms with Crippen molar-refractivity contribution in [3.63, 3.8) is 0 Å². The van der Waals surface area contributed by atoms with E-state index in [1.165, 1.54) is 6.42 Å². The topological polar surface area (TPSA) is 76.1 Å². The number of carbonyl (C=O) groups is 1. The first-order valence-corrected chi connectivity index (χ1v) is 10.6. The quantitative estimate of drug-likeness (QED) is 0.769.